The second-order valence-electron chi connectivity index (χ2n) is 4.49. The largest absolute Gasteiger partial charge is 0.480 e. The van der Waals surface area contributed by atoms with Crippen molar-refractivity contribution in [2.24, 2.45) is 5.73 Å². The van der Waals surface area contributed by atoms with Crippen molar-refractivity contribution in [3.63, 3.8) is 0 Å². The number of carboxylic acids is 1. The number of aliphatic carboxylic acids is 1. The first-order chi connectivity index (χ1) is 6.48. The number of hydrogen-bond donors (Lipinski definition) is 2. The minimum absolute atomic E-state index is 0.273. The van der Waals surface area contributed by atoms with Gasteiger partial charge in [0.1, 0.15) is 11.1 Å². The predicted molar refractivity (Wildman–Crippen MR) is 55.2 cm³/mol. The lowest BCUT2D eigenvalue weighted by Gasteiger charge is -2.25. The van der Waals surface area contributed by atoms with Crippen LogP contribution in [0.1, 0.15) is 27.7 Å². The van der Waals surface area contributed by atoms with E-state index in [-0.39, 0.29) is 5.57 Å². The van der Waals surface area contributed by atoms with Crippen LogP contribution < -0.4 is 5.73 Å². The van der Waals surface area contributed by atoms with E-state index in [0.29, 0.717) is 0 Å². The topological polar surface area (TPSA) is 89.6 Å². The monoisotopic (exact) mass is 215 g/mol. The van der Waals surface area contributed by atoms with Gasteiger partial charge in [-0.3, -0.25) is 0 Å². The number of carboxylic acid groups (broad SMARTS) is 1. The van der Waals surface area contributed by atoms with Crippen LogP contribution in [0.5, 0.6) is 0 Å². The zero-order valence-electron chi connectivity index (χ0n) is 9.46. The van der Waals surface area contributed by atoms with E-state index in [0.717, 1.165) is 0 Å². The van der Waals surface area contributed by atoms with Crippen LogP contribution in [0.15, 0.2) is 12.2 Å². The third kappa shape index (κ3) is 3.71. The van der Waals surface area contributed by atoms with Crippen LogP contribution in [0, 0.1) is 0 Å². The highest BCUT2D eigenvalue weighted by Gasteiger charge is 2.37. The zero-order chi connectivity index (χ0) is 12.4. The average molecular weight is 215 g/mol. The smallest absolute Gasteiger partial charge is 0.336 e. The summed E-state index contributed by atoms with van der Waals surface area (Å²) < 4.78 is 4.95. The summed E-state index contributed by atoms with van der Waals surface area (Å²) in [5, 5.41) is 8.77. The molecule has 0 amide bonds. The third-order valence-corrected chi connectivity index (χ3v) is 1.72. The first-order valence-electron chi connectivity index (χ1n) is 4.43. The molecule has 0 bridgehead atoms. The van der Waals surface area contributed by atoms with E-state index >= 15 is 0 Å². The van der Waals surface area contributed by atoms with Crippen LogP contribution >= 0.6 is 0 Å². The molecule has 0 aromatic carbocycles. The van der Waals surface area contributed by atoms with E-state index in [4.69, 9.17) is 15.6 Å². The summed E-state index contributed by atoms with van der Waals surface area (Å²) in [7, 11) is 0. The Bertz CT molecular complexity index is 299. The molecular weight excluding hydrogens is 198 g/mol. The molecule has 0 aliphatic carbocycles. The van der Waals surface area contributed by atoms with E-state index in [1.807, 2.05) is 0 Å². The summed E-state index contributed by atoms with van der Waals surface area (Å²) >= 11 is 0. The van der Waals surface area contributed by atoms with Crippen molar-refractivity contribution >= 4 is 11.9 Å². The van der Waals surface area contributed by atoms with Crippen molar-refractivity contribution in [3.8, 4) is 0 Å². The summed E-state index contributed by atoms with van der Waals surface area (Å²) in [5.41, 5.74) is 2.65. The summed E-state index contributed by atoms with van der Waals surface area (Å²) in [6.07, 6.45) is 0. The number of carbonyl (C=O) groups is 2. The molecule has 0 spiro atoms. The molecule has 0 saturated carbocycles. The maximum Gasteiger partial charge on any atom is 0.336 e. The number of carbonyl (C=O) groups excluding carboxylic acids is 1. The molecular formula is C10H17NO4. The van der Waals surface area contributed by atoms with Gasteiger partial charge >= 0.3 is 11.9 Å². The second kappa shape index (κ2) is 4.02. The molecule has 15 heavy (non-hydrogen) atoms. The van der Waals surface area contributed by atoms with Crippen molar-refractivity contribution in [1.82, 2.24) is 0 Å². The van der Waals surface area contributed by atoms with Crippen LogP contribution in [0.4, 0.5) is 0 Å². The summed E-state index contributed by atoms with van der Waals surface area (Å²) in [5.74, 6) is -2.12. The van der Waals surface area contributed by atoms with Gasteiger partial charge in [0.05, 0.1) is 5.57 Å². The quantitative estimate of drug-likeness (QED) is 0.534. The van der Waals surface area contributed by atoms with Gasteiger partial charge < -0.3 is 15.6 Å². The first-order valence-corrected chi connectivity index (χ1v) is 4.43. The Morgan fingerprint density at radius 3 is 1.93 bits per heavy atom. The van der Waals surface area contributed by atoms with E-state index < -0.39 is 23.1 Å². The number of rotatable bonds is 3. The van der Waals surface area contributed by atoms with Gasteiger partial charge in [-0.05, 0) is 27.7 Å². The minimum atomic E-state index is -1.80. The van der Waals surface area contributed by atoms with E-state index in [9.17, 15) is 9.59 Å². The fraction of sp³-hybridized carbons (Fsp3) is 0.600. The van der Waals surface area contributed by atoms with Crippen LogP contribution in [0.2, 0.25) is 0 Å². The highest BCUT2D eigenvalue weighted by molar-refractivity contribution is 5.99. The van der Waals surface area contributed by atoms with Crippen LogP contribution in [-0.4, -0.2) is 28.2 Å². The van der Waals surface area contributed by atoms with Gasteiger partial charge in [-0.25, -0.2) is 9.59 Å². The highest BCUT2D eigenvalue weighted by atomic mass is 16.6. The van der Waals surface area contributed by atoms with Crippen molar-refractivity contribution in [3.05, 3.63) is 12.2 Å². The molecule has 0 aromatic heterocycles. The standard InChI is InChI=1S/C10H17NO4/c1-6(10(5,11)8(13)14)7(12)15-9(2,3)4/h1,11H2,2-5H3,(H,13,14)/t10-/m1/s1. The van der Waals surface area contributed by atoms with Gasteiger partial charge in [0.2, 0.25) is 0 Å². The van der Waals surface area contributed by atoms with Crippen molar-refractivity contribution in [2.45, 2.75) is 38.8 Å². The molecule has 0 aliphatic rings. The molecule has 0 radical (unpaired) electrons. The van der Waals surface area contributed by atoms with E-state index in [1.165, 1.54) is 6.92 Å². The van der Waals surface area contributed by atoms with Crippen LogP contribution in [0.25, 0.3) is 0 Å². The molecule has 0 fully saturated rings. The Balaban J connectivity index is 4.75. The lowest BCUT2D eigenvalue weighted by atomic mass is 9.94. The van der Waals surface area contributed by atoms with E-state index in [1.54, 1.807) is 20.8 Å². The minimum Gasteiger partial charge on any atom is -0.480 e. The molecule has 0 aromatic rings. The van der Waals surface area contributed by atoms with Crippen LogP contribution in [0.3, 0.4) is 0 Å². The SMILES string of the molecule is C=C(C(=O)OC(C)(C)C)[C@@](C)(N)C(=O)O. The average Bonchev–Trinajstić information content (AvgIpc) is 1.99. The van der Waals surface area contributed by atoms with E-state index in [2.05, 4.69) is 6.58 Å². The fourth-order valence-electron chi connectivity index (χ4n) is 0.681. The van der Waals surface area contributed by atoms with Gasteiger partial charge in [0, 0.05) is 0 Å². The maximum atomic E-state index is 11.4. The Morgan fingerprint density at radius 2 is 1.67 bits per heavy atom. The number of ether oxygens (including phenoxy) is 1. The van der Waals surface area contributed by atoms with Gasteiger partial charge in [-0.1, -0.05) is 6.58 Å². The van der Waals surface area contributed by atoms with Gasteiger partial charge in [0.15, 0.2) is 0 Å². The Hall–Kier alpha value is -1.36. The summed E-state index contributed by atoms with van der Waals surface area (Å²) in [4.78, 5) is 22.2. The number of hydrogen-bond acceptors (Lipinski definition) is 4. The molecule has 0 unspecified atom stereocenters. The Morgan fingerprint density at radius 1 is 1.27 bits per heavy atom. The third-order valence-electron chi connectivity index (χ3n) is 1.72. The molecule has 1 atom stereocenters. The second-order valence-corrected chi connectivity index (χ2v) is 4.49. The van der Waals surface area contributed by atoms with Gasteiger partial charge in [-0.2, -0.15) is 0 Å². The normalized spacial score (nSPS) is 15.3. The summed E-state index contributed by atoms with van der Waals surface area (Å²) in [6.45, 7) is 9.57. The van der Waals surface area contributed by atoms with Crippen molar-refractivity contribution in [2.75, 3.05) is 0 Å². The van der Waals surface area contributed by atoms with Gasteiger partial charge in [0.25, 0.3) is 0 Å². The molecule has 3 N–H and O–H groups in total. The Kier molecular flexibility index (Phi) is 3.66. The fourth-order valence-corrected chi connectivity index (χ4v) is 0.681. The molecule has 5 heteroatoms. The number of esters is 1. The number of nitrogens with two attached hydrogens (primary N) is 1. The van der Waals surface area contributed by atoms with Crippen molar-refractivity contribution < 1.29 is 19.4 Å². The highest BCUT2D eigenvalue weighted by Crippen LogP contribution is 2.17. The van der Waals surface area contributed by atoms with Crippen molar-refractivity contribution in [1.29, 1.82) is 0 Å². The molecule has 0 rings (SSSR count). The summed E-state index contributed by atoms with van der Waals surface area (Å²) in [6, 6.07) is 0. The lowest BCUT2D eigenvalue weighted by molar-refractivity contribution is -0.153. The first kappa shape index (κ1) is 13.6. The molecule has 0 heterocycles. The Labute approximate surface area is 88.9 Å². The van der Waals surface area contributed by atoms with Crippen LogP contribution in [-0.2, 0) is 14.3 Å². The van der Waals surface area contributed by atoms with Gasteiger partial charge in [-0.15, -0.1) is 0 Å². The lowest BCUT2D eigenvalue weighted by Crippen LogP contribution is -2.49. The molecule has 0 saturated heterocycles. The molecule has 5 nitrogen and oxygen atoms in total. The zero-order valence-corrected chi connectivity index (χ0v) is 9.46. The maximum absolute atomic E-state index is 11.4. The molecule has 0 aliphatic heterocycles. The molecule has 86 valence electrons. The predicted octanol–water partition coefficient (Wildman–Crippen LogP) is 0.686.